The molecule has 0 bridgehead atoms. The number of rotatable bonds is 6. The average Bonchev–Trinajstić information content (AvgIpc) is 2.47. The van der Waals surface area contributed by atoms with Crippen LogP contribution in [-0.4, -0.2) is 18.2 Å². The van der Waals surface area contributed by atoms with E-state index in [-0.39, 0.29) is 5.56 Å². The van der Waals surface area contributed by atoms with Gasteiger partial charge in [-0.2, -0.15) is 0 Å². The Balaban J connectivity index is 2.09. The van der Waals surface area contributed by atoms with Crippen LogP contribution >= 0.6 is 0 Å². The van der Waals surface area contributed by atoms with Crippen molar-refractivity contribution < 1.29 is 14.6 Å². The maximum absolute atomic E-state index is 10.9. The summed E-state index contributed by atoms with van der Waals surface area (Å²) in [7, 11) is 1.67. The number of carboxylic acids is 1. The van der Waals surface area contributed by atoms with Gasteiger partial charge in [-0.15, -0.1) is 0 Å². The number of benzene rings is 2. The first kappa shape index (κ1) is 14.1. The Morgan fingerprint density at radius 1 is 1.15 bits per heavy atom. The number of methoxy groups -OCH3 is 1. The van der Waals surface area contributed by atoms with Crippen molar-refractivity contribution >= 4 is 11.7 Å². The fourth-order valence-electron chi connectivity index (χ4n) is 1.99. The first-order valence-corrected chi connectivity index (χ1v) is 6.33. The van der Waals surface area contributed by atoms with E-state index in [2.05, 4.69) is 5.32 Å². The van der Waals surface area contributed by atoms with Gasteiger partial charge in [0, 0.05) is 19.3 Å². The second-order valence-corrected chi connectivity index (χ2v) is 4.44. The smallest absolute Gasteiger partial charge is 0.335 e. The van der Waals surface area contributed by atoms with Crippen LogP contribution in [0.25, 0.3) is 0 Å². The fourth-order valence-corrected chi connectivity index (χ4v) is 1.99. The Morgan fingerprint density at radius 2 is 1.90 bits per heavy atom. The minimum atomic E-state index is -0.923. The number of anilines is 1. The Bertz CT molecular complexity index is 596. The lowest BCUT2D eigenvalue weighted by Crippen LogP contribution is -2.04. The number of nitrogens with one attached hydrogen (secondary N) is 1. The van der Waals surface area contributed by atoms with Gasteiger partial charge in [0.2, 0.25) is 0 Å². The van der Waals surface area contributed by atoms with Crippen LogP contribution in [0.4, 0.5) is 5.69 Å². The highest BCUT2D eigenvalue weighted by atomic mass is 16.5. The monoisotopic (exact) mass is 271 g/mol. The maximum atomic E-state index is 10.9. The van der Waals surface area contributed by atoms with Crippen LogP contribution in [0.2, 0.25) is 0 Å². The van der Waals surface area contributed by atoms with Crippen LogP contribution in [0.15, 0.2) is 48.5 Å². The molecule has 0 aliphatic rings. The van der Waals surface area contributed by atoms with Gasteiger partial charge in [0.1, 0.15) is 0 Å². The summed E-state index contributed by atoms with van der Waals surface area (Å²) >= 11 is 0. The predicted molar refractivity (Wildman–Crippen MR) is 77.9 cm³/mol. The molecule has 2 rings (SSSR count). The van der Waals surface area contributed by atoms with E-state index < -0.39 is 5.97 Å². The largest absolute Gasteiger partial charge is 0.478 e. The molecule has 2 aromatic rings. The van der Waals surface area contributed by atoms with Crippen molar-refractivity contribution in [1.29, 1.82) is 0 Å². The summed E-state index contributed by atoms with van der Waals surface area (Å²) in [6.45, 7) is 1.19. The van der Waals surface area contributed by atoms with Gasteiger partial charge in [0.25, 0.3) is 0 Å². The van der Waals surface area contributed by atoms with E-state index in [0.717, 1.165) is 16.8 Å². The van der Waals surface area contributed by atoms with Crippen LogP contribution in [0, 0.1) is 0 Å². The summed E-state index contributed by atoms with van der Waals surface area (Å²) in [6, 6.07) is 14.8. The molecule has 0 atom stereocenters. The summed E-state index contributed by atoms with van der Waals surface area (Å²) in [5.41, 5.74) is 3.32. The van der Waals surface area contributed by atoms with Gasteiger partial charge < -0.3 is 15.2 Å². The van der Waals surface area contributed by atoms with E-state index in [1.807, 2.05) is 30.3 Å². The minimum absolute atomic E-state index is 0.278. The molecular formula is C16H17NO3. The molecule has 0 heterocycles. The van der Waals surface area contributed by atoms with Gasteiger partial charge in [0.05, 0.1) is 12.2 Å². The van der Waals surface area contributed by atoms with E-state index in [4.69, 9.17) is 9.84 Å². The Hall–Kier alpha value is -2.33. The molecule has 0 amide bonds. The van der Waals surface area contributed by atoms with Crippen LogP contribution in [0.3, 0.4) is 0 Å². The van der Waals surface area contributed by atoms with Crippen LogP contribution in [0.5, 0.6) is 0 Å². The van der Waals surface area contributed by atoms with Crippen molar-refractivity contribution in [3.05, 3.63) is 65.2 Å². The van der Waals surface area contributed by atoms with Crippen molar-refractivity contribution in [3.63, 3.8) is 0 Å². The van der Waals surface area contributed by atoms with Gasteiger partial charge >= 0.3 is 5.97 Å². The number of hydrogen-bond donors (Lipinski definition) is 2. The molecule has 0 aliphatic heterocycles. The number of carboxylic acid groups (broad SMARTS) is 1. The topological polar surface area (TPSA) is 58.6 Å². The highest BCUT2D eigenvalue weighted by Gasteiger charge is 2.04. The number of hydrogen-bond acceptors (Lipinski definition) is 3. The van der Waals surface area contributed by atoms with Gasteiger partial charge in [-0.1, -0.05) is 30.3 Å². The van der Waals surface area contributed by atoms with Gasteiger partial charge in [0.15, 0.2) is 0 Å². The molecular weight excluding hydrogens is 254 g/mol. The molecule has 0 unspecified atom stereocenters. The third-order valence-corrected chi connectivity index (χ3v) is 3.01. The second-order valence-electron chi connectivity index (χ2n) is 4.44. The fraction of sp³-hybridized carbons (Fsp3) is 0.188. The molecule has 0 saturated carbocycles. The predicted octanol–water partition coefficient (Wildman–Crippen LogP) is 3.14. The number of aromatic carboxylic acids is 1. The lowest BCUT2D eigenvalue weighted by Gasteiger charge is -2.11. The SMILES string of the molecule is COCc1ccccc1CNc1cccc(C(=O)O)c1. The van der Waals surface area contributed by atoms with Crippen molar-refractivity contribution in [2.75, 3.05) is 12.4 Å². The standard InChI is InChI=1S/C16H17NO3/c1-20-11-14-6-3-2-5-13(14)10-17-15-8-4-7-12(9-15)16(18)19/h2-9,17H,10-11H2,1H3,(H,18,19). The maximum Gasteiger partial charge on any atom is 0.335 e. The van der Waals surface area contributed by atoms with Crippen molar-refractivity contribution in [1.82, 2.24) is 0 Å². The summed E-state index contributed by atoms with van der Waals surface area (Å²) in [5, 5.41) is 12.2. The molecule has 0 fully saturated rings. The molecule has 0 aromatic heterocycles. The Kier molecular flexibility index (Phi) is 4.74. The van der Waals surface area contributed by atoms with Gasteiger partial charge in [-0.3, -0.25) is 0 Å². The van der Waals surface area contributed by atoms with E-state index in [1.54, 1.807) is 25.3 Å². The van der Waals surface area contributed by atoms with Crippen LogP contribution in [-0.2, 0) is 17.9 Å². The van der Waals surface area contributed by atoms with E-state index in [9.17, 15) is 4.79 Å². The average molecular weight is 271 g/mol. The first-order valence-electron chi connectivity index (χ1n) is 6.33. The Morgan fingerprint density at radius 3 is 2.60 bits per heavy atom. The lowest BCUT2D eigenvalue weighted by molar-refractivity contribution is 0.0697. The molecule has 0 aliphatic carbocycles. The minimum Gasteiger partial charge on any atom is -0.478 e. The summed E-state index contributed by atoms with van der Waals surface area (Å²) in [4.78, 5) is 10.9. The normalized spacial score (nSPS) is 10.2. The van der Waals surface area contributed by atoms with Crippen LogP contribution in [0.1, 0.15) is 21.5 Å². The third-order valence-electron chi connectivity index (χ3n) is 3.01. The van der Waals surface area contributed by atoms with E-state index in [1.165, 1.54) is 0 Å². The quantitative estimate of drug-likeness (QED) is 0.847. The van der Waals surface area contributed by atoms with Crippen molar-refractivity contribution in [2.24, 2.45) is 0 Å². The van der Waals surface area contributed by atoms with Crippen molar-refractivity contribution in [2.45, 2.75) is 13.2 Å². The van der Waals surface area contributed by atoms with Gasteiger partial charge in [-0.25, -0.2) is 4.79 Å². The third kappa shape index (κ3) is 3.59. The number of carbonyl (C=O) groups is 1. The summed E-state index contributed by atoms with van der Waals surface area (Å²) < 4.78 is 5.17. The van der Waals surface area contributed by atoms with E-state index >= 15 is 0 Å². The first-order chi connectivity index (χ1) is 9.70. The highest BCUT2D eigenvalue weighted by molar-refractivity contribution is 5.88. The zero-order valence-electron chi connectivity index (χ0n) is 11.3. The molecule has 0 radical (unpaired) electrons. The Labute approximate surface area is 118 Å². The molecule has 4 heteroatoms. The van der Waals surface area contributed by atoms with Gasteiger partial charge in [-0.05, 0) is 29.3 Å². The molecule has 0 spiro atoms. The second kappa shape index (κ2) is 6.73. The summed E-state index contributed by atoms with van der Waals surface area (Å²) in [5.74, 6) is -0.923. The number of ether oxygens (including phenoxy) is 1. The molecule has 2 N–H and O–H groups in total. The molecule has 0 saturated heterocycles. The molecule has 104 valence electrons. The van der Waals surface area contributed by atoms with E-state index in [0.29, 0.717) is 13.2 Å². The van der Waals surface area contributed by atoms with Crippen molar-refractivity contribution in [3.8, 4) is 0 Å². The molecule has 20 heavy (non-hydrogen) atoms. The zero-order valence-corrected chi connectivity index (χ0v) is 11.3. The van der Waals surface area contributed by atoms with Crippen LogP contribution < -0.4 is 5.32 Å². The molecule has 4 nitrogen and oxygen atoms in total. The molecule has 2 aromatic carbocycles. The highest BCUT2D eigenvalue weighted by Crippen LogP contribution is 2.15. The zero-order chi connectivity index (χ0) is 14.4. The lowest BCUT2D eigenvalue weighted by atomic mass is 10.1. The summed E-state index contributed by atoms with van der Waals surface area (Å²) in [6.07, 6.45) is 0.